The van der Waals surface area contributed by atoms with Crippen molar-refractivity contribution in [1.82, 2.24) is 52.8 Å². The van der Waals surface area contributed by atoms with E-state index in [2.05, 4.69) is 52.8 Å². The second-order valence-corrected chi connectivity index (χ2v) is 15.3. The number of aromatic nitrogens is 1. The Kier molecular flexibility index (Phi) is 22.9. The number of aromatic amines is 1. The van der Waals surface area contributed by atoms with Crippen molar-refractivity contribution >= 4 is 76.0 Å². The third kappa shape index (κ3) is 19.5. The Morgan fingerprint density at radius 1 is 0.621 bits per heavy atom. The molecule has 0 fully saturated rings. The van der Waals surface area contributed by atoms with Gasteiger partial charge in [0.1, 0.15) is 42.3 Å². The lowest BCUT2D eigenvalue weighted by Crippen LogP contribution is -2.59. The highest BCUT2D eigenvalue weighted by molar-refractivity contribution is 5.97. The van der Waals surface area contributed by atoms with Gasteiger partial charge in [0.15, 0.2) is 11.9 Å². The van der Waals surface area contributed by atoms with E-state index in [-0.39, 0.29) is 70.0 Å². The third-order valence-electron chi connectivity index (χ3n) is 9.92. The molecular formula is C40H63N15O11. The zero-order valence-electron chi connectivity index (χ0n) is 37.0. The number of aryl methyl sites for hydroxylation is 1. The van der Waals surface area contributed by atoms with Crippen LogP contribution in [0.25, 0.3) is 10.9 Å². The standard InChI is InChI=1S/C40H63N15O11/c1-20(32(59)54-29(38(65)66)13-12-23-18-48-25-9-5-4-8-24(23)25)50-37(64)30(19-56)55-33(60)21(2)49-34(61)27(11-7-17-47-40(44)45)52-36(63)28(14-15-31(41)58)53-35(62)26(51-22(3)57)10-6-16-46-39(42)43/h4-5,8-9,18,20-21,26-30,48,56H,6-7,10-17,19H2,1-3H3,(H2,41,58)(H,49,61)(H,50,64)(H,51,57)(H,52,63)(H,53,62)(H,54,59)(H,55,60)(H,65,66)(H4,42,43,46)(H4,44,45,47)/t20-,21-,26-,27-,28-,29-,30-/m0/s1. The molecule has 7 atom stereocenters. The number of nitrogens with two attached hydrogens (primary N) is 3. The van der Waals surface area contributed by atoms with E-state index in [0.29, 0.717) is 6.42 Å². The second-order valence-electron chi connectivity index (χ2n) is 15.3. The number of primary amides is 1. The molecule has 0 unspecified atom stereocenters. The molecule has 26 heteroatoms. The molecule has 0 bridgehead atoms. The molecule has 1 heterocycles. The number of carboxylic acid groups (broad SMARTS) is 1. The number of aliphatic carboxylic acids is 1. The van der Waals surface area contributed by atoms with Crippen LogP contribution in [0.4, 0.5) is 0 Å². The fourth-order valence-corrected chi connectivity index (χ4v) is 6.38. The molecule has 0 radical (unpaired) electrons. The predicted molar refractivity (Wildman–Crippen MR) is 239 cm³/mol. The third-order valence-corrected chi connectivity index (χ3v) is 9.92. The second kappa shape index (κ2) is 27.6. The lowest BCUT2D eigenvalue weighted by atomic mass is 10.0. The molecular weight excluding hydrogens is 867 g/mol. The van der Waals surface area contributed by atoms with Crippen LogP contribution >= 0.6 is 0 Å². The van der Waals surface area contributed by atoms with Gasteiger partial charge in [-0.3, -0.25) is 49.2 Å². The van der Waals surface area contributed by atoms with E-state index in [9.17, 15) is 53.4 Å². The Hall–Kier alpha value is -7.51. The lowest BCUT2D eigenvalue weighted by molar-refractivity contribution is -0.142. The molecule has 0 saturated carbocycles. The highest BCUT2D eigenvalue weighted by Gasteiger charge is 2.32. The minimum atomic E-state index is -1.64. The molecule has 2 aromatic rings. The smallest absolute Gasteiger partial charge is 0.326 e. The van der Waals surface area contributed by atoms with Crippen LogP contribution in [0, 0.1) is 10.8 Å². The van der Waals surface area contributed by atoms with E-state index in [1.807, 2.05) is 24.3 Å². The average Bonchev–Trinajstić information content (AvgIpc) is 3.66. The minimum absolute atomic E-state index is 0.0260. The number of carbonyl (C=O) groups is 9. The summed E-state index contributed by atoms with van der Waals surface area (Å²) in [5.41, 5.74) is 17.7. The SMILES string of the molecule is CC(=O)N[C@@H](CCCNC(=N)N)C(=O)N[C@@H](CCC(N)=O)C(=O)N[C@@H](CCCNC(=N)N)C(=O)N[C@@H](C)C(=O)N[C@@H](CO)C(=O)N[C@@H](C)C(=O)N[C@@H](CCc1c[nH]c2ccccc12)C(=O)O. The van der Waals surface area contributed by atoms with Gasteiger partial charge in [-0.25, -0.2) is 4.79 Å². The minimum Gasteiger partial charge on any atom is -0.480 e. The van der Waals surface area contributed by atoms with E-state index < -0.39 is 102 Å². The number of fused-ring (bicyclic) bond motifs is 1. The Morgan fingerprint density at radius 3 is 1.56 bits per heavy atom. The maximum Gasteiger partial charge on any atom is 0.326 e. The van der Waals surface area contributed by atoms with Crippen LogP contribution in [-0.4, -0.2) is 142 Å². The first-order valence-corrected chi connectivity index (χ1v) is 21.0. The molecule has 364 valence electrons. The summed E-state index contributed by atoms with van der Waals surface area (Å²) in [7, 11) is 0. The number of guanidine groups is 2. The quantitative estimate of drug-likeness (QED) is 0.0207. The van der Waals surface area contributed by atoms with Crippen LogP contribution in [0.15, 0.2) is 30.5 Å². The number of hydrogen-bond acceptors (Lipinski definition) is 12. The Bertz CT molecular complexity index is 2060. The lowest BCUT2D eigenvalue weighted by Gasteiger charge is -2.26. The number of aliphatic hydroxyl groups excluding tert-OH is 1. The van der Waals surface area contributed by atoms with E-state index in [4.69, 9.17) is 28.0 Å². The van der Waals surface area contributed by atoms with Crippen LogP contribution in [0.1, 0.15) is 71.3 Å². The fourth-order valence-electron chi connectivity index (χ4n) is 6.38. The highest BCUT2D eigenvalue weighted by Crippen LogP contribution is 2.19. The zero-order valence-corrected chi connectivity index (χ0v) is 37.0. The fraction of sp³-hybridized carbons (Fsp3) is 0.525. The molecule has 20 N–H and O–H groups in total. The summed E-state index contributed by atoms with van der Waals surface area (Å²) in [6, 6.07) is -2.28. The summed E-state index contributed by atoms with van der Waals surface area (Å²) in [6.45, 7) is 2.99. The van der Waals surface area contributed by atoms with Crippen molar-refractivity contribution in [2.24, 2.45) is 17.2 Å². The topological polar surface area (TPSA) is 444 Å². The number of benzene rings is 1. The van der Waals surface area contributed by atoms with Gasteiger partial charge in [-0.05, 0) is 70.4 Å². The highest BCUT2D eigenvalue weighted by atomic mass is 16.4. The van der Waals surface area contributed by atoms with Crippen LogP contribution in [0.5, 0.6) is 0 Å². The number of hydrogen-bond donors (Lipinski definition) is 17. The van der Waals surface area contributed by atoms with E-state index in [1.165, 1.54) is 20.8 Å². The summed E-state index contributed by atoms with van der Waals surface area (Å²) in [5, 5.41) is 57.3. The van der Waals surface area contributed by atoms with Crippen molar-refractivity contribution in [1.29, 1.82) is 10.8 Å². The van der Waals surface area contributed by atoms with Crippen molar-refractivity contribution < 1.29 is 53.4 Å². The largest absolute Gasteiger partial charge is 0.480 e. The molecule has 0 aliphatic carbocycles. The Labute approximate surface area is 379 Å². The Balaban J connectivity index is 2.12. The van der Waals surface area contributed by atoms with Gasteiger partial charge in [-0.1, -0.05) is 18.2 Å². The number of nitrogens with one attached hydrogen (secondary N) is 12. The molecule has 0 saturated heterocycles. The number of aliphatic hydroxyl groups is 1. The average molecular weight is 930 g/mol. The van der Waals surface area contributed by atoms with Gasteiger partial charge in [0.25, 0.3) is 0 Å². The molecule has 8 amide bonds. The van der Waals surface area contributed by atoms with Crippen molar-refractivity contribution in [3.8, 4) is 0 Å². The predicted octanol–water partition coefficient (Wildman–Crippen LogP) is -4.58. The normalized spacial score (nSPS) is 14.0. The monoisotopic (exact) mass is 929 g/mol. The van der Waals surface area contributed by atoms with Crippen molar-refractivity contribution in [3.63, 3.8) is 0 Å². The first-order valence-electron chi connectivity index (χ1n) is 21.0. The number of rotatable bonds is 29. The van der Waals surface area contributed by atoms with Gasteiger partial charge in [0.05, 0.1) is 6.61 Å². The van der Waals surface area contributed by atoms with E-state index in [1.54, 1.807) is 6.20 Å². The van der Waals surface area contributed by atoms with Crippen LogP contribution in [-0.2, 0) is 49.6 Å². The molecule has 26 nitrogen and oxygen atoms in total. The van der Waals surface area contributed by atoms with Crippen LogP contribution in [0.2, 0.25) is 0 Å². The summed E-state index contributed by atoms with van der Waals surface area (Å²) in [6.07, 6.45) is 1.72. The molecule has 1 aromatic carbocycles. The number of para-hydroxylation sites is 1. The summed E-state index contributed by atoms with van der Waals surface area (Å²) >= 11 is 0. The van der Waals surface area contributed by atoms with Gasteiger partial charge in [-0.15, -0.1) is 0 Å². The van der Waals surface area contributed by atoms with Gasteiger partial charge >= 0.3 is 5.97 Å². The molecule has 0 spiro atoms. The summed E-state index contributed by atoms with van der Waals surface area (Å²) in [5.74, 6) is -8.88. The number of amides is 8. The summed E-state index contributed by atoms with van der Waals surface area (Å²) < 4.78 is 0. The van der Waals surface area contributed by atoms with Crippen LogP contribution < -0.4 is 65.1 Å². The van der Waals surface area contributed by atoms with E-state index in [0.717, 1.165) is 16.5 Å². The van der Waals surface area contributed by atoms with Crippen LogP contribution in [0.3, 0.4) is 0 Å². The molecule has 1 aromatic heterocycles. The van der Waals surface area contributed by atoms with Gasteiger partial charge in [0.2, 0.25) is 47.3 Å². The number of carbonyl (C=O) groups excluding carboxylic acids is 8. The number of carboxylic acids is 1. The molecule has 2 rings (SSSR count). The Morgan fingerprint density at radius 2 is 1.08 bits per heavy atom. The molecule has 66 heavy (non-hydrogen) atoms. The van der Waals surface area contributed by atoms with Crippen molar-refractivity contribution in [3.05, 3.63) is 36.0 Å². The zero-order chi connectivity index (χ0) is 49.5. The first-order chi connectivity index (χ1) is 31.1. The maximum absolute atomic E-state index is 13.7. The van der Waals surface area contributed by atoms with E-state index >= 15 is 0 Å². The van der Waals surface area contributed by atoms with Gasteiger partial charge in [0, 0.05) is 43.5 Å². The first kappa shape index (κ1) is 54.6. The molecule has 0 aliphatic rings. The van der Waals surface area contributed by atoms with Crippen molar-refractivity contribution in [2.45, 2.75) is 114 Å². The van der Waals surface area contributed by atoms with Crippen molar-refractivity contribution in [2.75, 3.05) is 19.7 Å². The maximum atomic E-state index is 13.7. The van der Waals surface area contributed by atoms with Gasteiger partial charge < -0.3 is 80.2 Å². The number of H-pyrrole nitrogens is 1. The molecule has 0 aliphatic heterocycles. The summed E-state index contributed by atoms with van der Waals surface area (Å²) in [4.78, 5) is 119. The van der Waals surface area contributed by atoms with Gasteiger partial charge in [-0.2, -0.15) is 0 Å².